The zero-order valence-electron chi connectivity index (χ0n) is 16.2. The standard InChI is InChI=1S/C20H25Cl2N3O3/c1-23(2)18(26)13-5-8-24(9-6-13)20(28)17-4-3-7-25(17)19(27)14-10-15(21)12-16(22)11-14/h10-13,17H,3-9H2,1-2H3. The number of rotatable bonds is 3. The molecule has 1 aromatic rings. The first kappa shape index (κ1) is 20.9. The minimum absolute atomic E-state index is 0.0327. The van der Waals surface area contributed by atoms with Crippen LogP contribution < -0.4 is 0 Å². The number of hydrogen-bond acceptors (Lipinski definition) is 3. The number of hydrogen-bond donors (Lipinski definition) is 0. The number of piperidine rings is 1. The SMILES string of the molecule is CN(C)C(=O)C1CCN(C(=O)C2CCCN2C(=O)c2cc(Cl)cc(Cl)c2)CC1. The molecule has 8 heteroatoms. The highest BCUT2D eigenvalue weighted by Crippen LogP contribution is 2.27. The Bertz CT molecular complexity index is 756. The Morgan fingerprint density at radius 1 is 0.964 bits per heavy atom. The topological polar surface area (TPSA) is 60.9 Å². The maximum absolute atomic E-state index is 13.1. The van der Waals surface area contributed by atoms with E-state index in [4.69, 9.17) is 23.2 Å². The predicted octanol–water partition coefficient (Wildman–Crippen LogP) is 2.92. The number of amides is 3. The Balaban J connectivity index is 1.67. The van der Waals surface area contributed by atoms with Gasteiger partial charge in [-0.3, -0.25) is 14.4 Å². The van der Waals surface area contributed by atoms with Gasteiger partial charge >= 0.3 is 0 Å². The van der Waals surface area contributed by atoms with Crippen LogP contribution in [0, 0.1) is 5.92 Å². The molecule has 28 heavy (non-hydrogen) atoms. The summed E-state index contributed by atoms with van der Waals surface area (Å²) in [4.78, 5) is 43.2. The number of carbonyl (C=O) groups is 3. The van der Waals surface area contributed by atoms with Gasteiger partial charge in [0.2, 0.25) is 11.8 Å². The van der Waals surface area contributed by atoms with Gasteiger partial charge in [0.15, 0.2) is 0 Å². The highest BCUT2D eigenvalue weighted by molar-refractivity contribution is 6.35. The van der Waals surface area contributed by atoms with Gasteiger partial charge in [0.25, 0.3) is 5.91 Å². The van der Waals surface area contributed by atoms with Crippen molar-refractivity contribution in [2.24, 2.45) is 5.92 Å². The van der Waals surface area contributed by atoms with Crippen molar-refractivity contribution in [3.63, 3.8) is 0 Å². The Morgan fingerprint density at radius 3 is 2.14 bits per heavy atom. The molecular weight excluding hydrogens is 401 g/mol. The van der Waals surface area contributed by atoms with Crippen molar-refractivity contribution in [3.8, 4) is 0 Å². The van der Waals surface area contributed by atoms with Crippen molar-refractivity contribution < 1.29 is 14.4 Å². The molecule has 0 spiro atoms. The van der Waals surface area contributed by atoms with Crippen LogP contribution in [0.15, 0.2) is 18.2 Å². The van der Waals surface area contributed by atoms with Gasteiger partial charge in [0.1, 0.15) is 6.04 Å². The van der Waals surface area contributed by atoms with Crippen LogP contribution in [0.2, 0.25) is 10.0 Å². The summed E-state index contributed by atoms with van der Waals surface area (Å²) in [6, 6.07) is 4.26. The van der Waals surface area contributed by atoms with Crippen LogP contribution in [-0.2, 0) is 9.59 Å². The number of benzene rings is 1. The third-order valence-corrected chi connectivity index (χ3v) is 5.94. The molecule has 3 rings (SSSR count). The van der Waals surface area contributed by atoms with Crippen molar-refractivity contribution in [1.82, 2.24) is 14.7 Å². The van der Waals surface area contributed by atoms with E-state index in [-0.39, 0.29) is 23.6 Å². The lowest BCUT2D eigenvalue weighted by Crippen LogP contribution is -2.51. The molecule has 0 radical (unpaired) electrons. The lowest BCUT2D eigenvalue weighted by Gasteiger charge is -2.35. The molecule has 1 aromatic carbocycles. The second-order valence-corrected chi connectivity index (χ2v) is 8.52. The van der Waals surface area contributed by atoms with Gasteiger partial charge in [-0.05, 0) is 43.9 Å². The van der Waals surface area contributed by atoms with E-state index >= 15 is 0 Å². The number of carbonyl (C=O) groups excluding carboxylic acids is 3. The summed E-state index contributed by atoms with van der Waals surface area (Å²) < 4.78 is 0. The molecule has 1 atom stereocenters. The summed E-state index contributed by atoms with van der Waals surface area (Å²) in [6.07, 6.45) is 2.75. The molecule has 2 saturated heterocycles. The summed E-state index contributed by atoms with van der Waals surface area (Å²) in [5.41, 5.74) is 0.396. The number of likely N-dealkylation sites (tertiary alicyclic amines) is 2. The molecule has 2 aliphatic heterocycles. The Labute approximate surface area is 175 Å². The highest BCUT2D eigenvalue weighted by Gasteiger charge is 2.38. The van der Waals surface area contributed by atoms with Crippen LogP contribution >= 0.6 is 23.2 Å². The van der Waals surface area contributed by atoms with Gasteiger partial charge in [-0.25, -0.2) is 0 Å². The molecule has 152 valence electrons. The Morgan fingerprint density at radius 2 is 1.57 bits per heavy atom. The quantitative estimate of drug-likeness (QED) is 0.747. The lowest BCUT2D eigenvalue weighted by molar-refractivity contribution is -0.141. The molecule has 0 N–H and O–H groups in total. The molecule has 2 aliphatic rings. The van der Waals surface area contributed by atoms with Crippen molar-refractivity contribution in [3.05, 3.63) is 33.8 Å². The van der Waals surface area contributed by atoms with E-state index in [1.807, 2.05) is 0 Å². The van der Waals surface area contributed by atoms with Crippen LogP contribution in [0.4, 0.5) is 0 Å². The van der Waals surface area contributed by atoms with E-state index in [1.54, 1.807) is 47.0 Å². The second kappa shape index (κ2) is 8.70. The first-order valence-corrected chi connectivity index (χ1v) is 10.3. The monoisotopic (exact) mass is 425 g/mol. The van der Waals surface area contributed by atoms with Gasteiger partial charge in [-0.15, -0.1) is 0 Å². The fourth-order valence-corrected chi connectivity index (χ4v) is 4.56. The third kappa shape index (κ3) is 4.44. The van der Waals surface area contributed by atoms with E-state index < -0.39 is 6.04 Å². The molecule has 0 bridgehead atoms. The third-order valence-electron chi connectivity index (χ3n) is 5.50. The van der Waals surface area contributed by atoms with Crippen LogP contribution in [0.25, 0.3) is 0 Å². The zero-order chi connectivity index (χ0) is 20.4. The van der Waals surface area contributed by atoms with E-state index in [9.17, 15) is 14.4 Å². The van der Waals surface area contributed by atoms with Crippen molar-refractivity contribution in [1.29, 1.82) is 0 Å². The van der Waals surface area contributed by atoms with Gasteiger partial charge in [0, 0.05) is 55.3 Å². The molecular formula is C20H25Cl2N3O3. The fourth-order valence-electron chi connectivity index (χ4n) is 4.03. The summed E-state index contributed by atoms with van der Waals surface area (Å²) in [6.45, 7) is 1.63. The van der Waals surface area contributed by atoms with Crippen molar-refractivity contribution in [2.45, 2.75) is 31.7 Å². The van der Waals surface area contributed by atoms with E-state index in [1.165, 1.54) is 0 Å². The summed E-state index contributed by atoms with van der Waals surface area (Å²) in [7, 11) is 3.51. The van der Waals surface area contributed by atoms with Gasteiger partial charge in [0.05, 0.1) is 0 Å². The van der Waals surface area contributed by atoms with Crippen LogP contribution in [0.5, 0.6) is 0 Å². The van der Waals surface area contributed by atoms with E-state index in [0.29, 0.717) is 54.5 Å². The largest absolute Gasteiger partial charge is 0.349 e. The van der Waals surface area contributed by atoms with E-state index in [2.05, 4.69) is 0 Å². The maximum Gasteiger partial charge on any atom is 0.254 e. The number of halogens is 2. The molecule has 0 aromatic heterocycles. The Kier molecular flexibility index (Phi) is 6.50. The average molecular weight is 426 g/mol. The van der Waals surface area contributed by atoms with Gasteiger partial charge in [-0.1, -0.05) is 23.2 Å². The van der Waals surface area contributed by atoms with Crippen molar-refractivity contribution >= 4 is 40.9 Å². The molecule has 0 aliphatic carbocycles. The minimum Gasteiger partial charge on any atom is -0.349 e. The summed E-state index contributed by atoms with van der Waals surface area (Å²) in [5.74, 6) is -0.177. The Hall–Kier alpha value is -1.79. The lowest BCUT2D eigenvalue weighted by atomic mass is 9.95. The fraction of sp³-hybridized carbons (Fsp3) is 0.550. The first-order valence-electron chi connectivity index (χ1n) is 9.55. The van der Waals surface area contributed by atoms with Crippen LogP contribution in [0.1, 0.15) is 36.0 Å². The van der Waals surface area contributed by atoms with E-state index in [0.717, 1.165) is 6.42 Å². The summed E-state index contributed by atoms with van der Waals surface area (Å²) >= 11 is 12.0. The maximum atomic E-state index is 13.1. The minimum atomic E-state index is -0.466. The zero-order valence-corrected chi connectivity index (χ0v) is 17.7. The molecule has 6 nitrogen and oxygen atoms in total. The van der Waals surface area contributed by atoms with Gasteiger partial charge < -0.3 is 14.7 Å². The van der Waals surface area contributed by atoms with Gasteiger partial charge in [-0.2, -0.15) is 0 Å². The second-order valence-electron chi connectivity index (χ2n) is 7.65. The smallest absolute Gasteiger partial charge is 0.254 e. The summed E-state index contributed by atoms with van der Waals surface area (Å²) in [5, 5.41) is 0.788. The molecule has 2 heterocycles. The molecule has 0 saturated carbocycles. The molecule has 3 amide bonds. The van der Waals surface area contributed by atoms with Crippen LogP contribution in [-0.4, -0.2) is 72.2 Å². The normalized spacial score (nSPS) is 20.4. The average Bonchev–Trinajstić information content (AvgIpc) is 3.15. The van der Waals surface area contributed by atoms with Crippen molar-refractivity contribution in [2.75, 3.05) is 33.7 Å². The predicted molar refractivity (Wildman–Crippen MR) is 109 cm³/mol. The van der Waals surface area contributed by atoms with Crippen LogP contribution in [0.3, 0.4) is 0 Å². The molecule has 1 unspecified atom stereocenters. The molecule has 2 fully saturated rings. The number of nitrogens with zero attached hydrogens (tertiary/aromatic N) is 3. The first-order chi connectivity index (χ1) is 13.3. The highest BCUT2D eigenvalue weighted by atomic mass is 35.5.